The van der Waals surface area contributed by atoms with Crippen molar-refractivity contribution in [2.75, 3.05) is 13.2 Å². The van der Waals surface area contributed by atoms with E-state index >= 15 is 0 Å². The second kappa shape index (κ2) is 4.08. The van der Waals surface area contributed by atoms with Gasteiger partial charge in [-0.3, -0.25) is 0 Å². The van der Waals surface area contributed by atoms with Crippen LogP contribution in [0.1, 0.15) is 11.9 Å². The average molecular weight is 222 g/mol. The fourth-order valence-electron chi connectivity index (χ4n) is 1.92. The van der Waals surface area contributed by atoms with Crippen molar-refractivity contribution in [1.29, 1.82) is 0 Å². The van der Waals surface area contributed by atoms with Gasteiger partial charge in [0.2, 0.25) is 0 Å². The summed E-state index contributed by atoms with van der Waals surface area (Å²) in [7, 11) is -1.31. The van der Waals surface area contributed by atoms with Crippen molar-refractivity contribution in [1.82, 2.24) is 0 Å². The molecule has 0 radical (unpaired) electrons. The number of benzene rings is 1. The minimum atomic E-state index is -1.31. The van der Waals surface area contributed by atoms with Crippen LogP contribution in [0, 0.1) is 0 Å². The van der Waals surface area contributed by atoms with E-state index < -0.39 is 8.07 Å². The van der Waals surface area contributed by atoms with Crippen LogP contribution in [0.25, 0.3) is 0 Å². The van der Waals surface area contributed by atoms with E-state index in [1.54, 1.807) is 0 Å². The second-order valence-electron chi connectivity index (χ2n) is 4.91. The minimum absolute atomic E-state index is 0.132. The predicted molar refractivity (Wildman–Crippen MR) is 64.1 cm³/mol. The van der Waals surface area contributed by atoms with Gasteiger partial charge in [0.1, 0.15) is 0 Å². The Kier molecular flexibility index (Phi) is 2.95. The van der Waals surface area contributed by atoms with Crippen molar-refractivity contribution in [3.05, 3.63) is 29.8 Å². The third kappa shape index (κ3) is 2.30. The predicted octanol–water partition coefficient (Wildman–Crippen LogP) is 2.28. The summed E-state index contributed by atoms with van der Waals surface area (Å²) in [4.78, 5) is 0. The first-order valence-corrected chi connectivity index (χ1v) is 8.91. The Balaban J connectivity index is 2.37. The van der Waals surface area contributed by atoms with E-state index in [0.29, 0.717) is 13.2 Å². The highest BCUT2D eigenvalue weighted by Gasteiger charge is 2.26. The minimum Gasteiger partial charge on any atom is -0.346 e. The van der Waals surface area contributed by atoms with Crippen molar-refractivity contribution in [3.8, 4) is 0 Å². The molecule has 0 spiro atoms. The van der Waals surface area contributed by atoms with Crippen molar-refractivity contribution in [2.24, 2.45) is 0 Å². The smallest absolute Gasteiger partial charge is 0.183 e. The molecule has 2 nitrogen and oxygen atoms in total. The van der Waals surface area contributed by atoms with Gasteiger partial charge in [0, 0.05) is 5.56 Å². The lowest BCUT2D eigenvalue weighted by molar-refractivity contribution is -0.0434. The Labute approximate surface area is 92.2 Å². The van der Waals surface area contributed by atoms with E-state index in [0.717, 1.165) is 0 Å². The Bertz CT molecular complexity index is 338. The summed E-state index contributed by atoms with van der Waals surface area (Å²) in [6, 6.07) is 8.51. The molecule has 1 aromatic carbocycles. The van der Waals surface area contributed by atoms with Gasteiger partial charge in [-0.2, -0.15) is 0 Å². The summed E-state index contributed by atoms with van der Waals surface area (Å²) < 4.78 is 11.1. The van der Waals surface area contributed by atoms with Gasteiger partial charge in [-0.15, -0.1) is 0 Å². The molecule has 1 fully saturated rings. The Hall–Kier alpha value is -0.643. The third-order valence-corrected chi connectivity index (χ3v) is 4.72. The van der Waals surface area contributed by atoms with Crippen molar-refractivity contribution >= 4 is 13.3 Å². The fraction of sp³-hybridized carbons (Fsp3) is 0.500. The fourth-order valence-corrected chi connectivity index (χ4v) is 3.59. The Morgan fingerprint density at radius 3 is 2.27 bits per heavy atom. The number of hydrogen-bond acceptors (Lipinski definition) is 2. The van der Waals surface area contributed by atoms with Gasteiger partial charge >= 0.3 is 0 Å². The highest BCUT2D eigenvalue weighted by molar-refractivity contribution is 6.89. The van der Waals surface area contributed by atoms with Crippen molar-refractivity contribution in [2.45, 2.75) is 25.9 Å². The molecule has 1 aliphatic rings. The lowest BCUT2D eigenvalue weighted by Gasteiger charge is -2.23. The summed E-state index contributed by atoms with van der Waals surface area (Å²) >= 11 is 0. The maximum Gasteiger partial charge on any atom is 0.183 e. The molecule has 0 N–H and O–H groups in total. The normalized spacial score (nSPS) is 18.3. The molecule has 15 heavy (non-hydrogen) atoms. The summed E-state index contributed by atoms with van der Waals surface area (Å²) in [6.07, 6.45) is -0.132. The SMILES string of the molecule is C[Si](C)(C)c1ccccc1C1OCCO1. The molecule has 0 saturated carbocycles. The van der Waals surface area contributed by atoms with Crippen molar-refractivity contribution in [3.63, 3.8) is 0 Å². The molecular formula is C12H18O2Si. The molecule has 82 valence electrons. The summed E-state index contributed by atoms with van der Waals surface area (Å²) in [6.45, 7) is 8.47. The maximum atomic E-state index is 5.57. The largest absolute Gasteiger partial charge is 0.346 e. The van der Waals surface area contributed by atoms with Gasteiger partial charge in [0.25, 0.3) is 0 Å². The van der Waals surface area contributed by atoms with Crippen LogP contribution < -0.4 is 5.19 Å². The van der Waals surface area contributed by atoms with Gasteiger partial charge in [-0.1, -0.05) is 49.1 Å². The van der Waals surface area contributed by atoms with Crippen LogP contribution in [0.5, 0.6) is 0 Å². The molecule has 0 amide bonds. The molecule has 0 bridgehead atoms. The van der Waals surface area contributed by atoms with E-state index in [1.165, 1.54) is 10.8 Å². The van der Waals surface area contributed by atoms with Crippen molar-refractivity contribution < 1.29 is 9.47 Å². The molecule has 0 aromatic heterocycles. The van der Waals surface area contributed by atoms with Gasteiger partial charge in [0.05, 0.1) is 21.3 Å². The average Bonchev–Trinajstić information content (AvgIpc) is 2.69. The monoisotopic (exact) mass is 222 g/mol. The van der Waals surface area contributed by atoms with E-state index in [4.69, 9.17) is 9.47 Å². The quantitative estimate of drug-likeness (QED) is 0.715. The van der Waals surface area contributed by atoms with Gasteiger partial charge < -0.3 is 9.47 Å². The highest BCUT2D eigenvalue weighted by atomic mass is 28.3. The van der Waals surface area contributed by atoms with E-state index in [1.807, 2.05) is 0 Å². The van der Waals surface area contributed by atoms with Gasteiger partial charge in [-0.05, 0) is 0 Å². The third-order valence-electron chi connectivity index (χ3n) is 2.64. The van der Waals surface area contributed by atoms with E-state index in [-0.39, 0.29) is 6.29 Å². The zero-order chi connectivity index (χ0) is 10.9. The van der Waals surface area contributed by atoms with Gasteiger partial charge in [-0.25, -0.2) is 0 Å². The zero-order valence-electron chi connectivity index (χ0n) is 9.62. The molecule has 0 aliphatic carbocycles. The lowest BCUT2D eigenvalue weighted by atomic mass is 10.2. The molecule has 1 aliphatic heterocycles. The van der Waals surface area contributed by atoms with Gasteiger partial charge in [0.15, 0.2) is 6.29 Å². The molecule has 0 atom stereocenters. The first-order chi connectivity index (χ1) is 7.09. The number of rotatable bonds is 2. The number of hydrogen-bond donors (Lipinski definition) is 0. The maximum absolute atomic E-state index is 5.57. The molecule has 1 heterocycles. The van der Waals surface area contributed by atoms with Crippen LogP contribution in [-0.4, -0.2) is 21.3 Å². The highest BCUT2D eigenvalue weighted by Crippen LogP contribution is 2.23. The van der Waals surface area contributed by atoms with Crippen LogP contribution in [0.4, 0.5) is 0 Å². The molecular weight excluding hydrogens is 204 g/mol. The summed E-state index contributed by atoms with van der Waals surface area (Å²) in [5.41, 5.74) is 1.23. The lowest BCUT2D eigenvalue weighted by Crippen LogP contribution is -2.40. The summed E-state index contributed by atoms with van der Waals surface area (Å²) in [5, 5.41) is 1.44. The Morgan fingerprint density at radius 1 is 1.07 bits per heavy atom. The van der Waals surface area contributed by atoms with Crippen LogP contribution >= 0.6 is 0 Å². The van der Waals surface area contributed by atoms with Crippen LogP contribution in [0.2, 0.25) is 19.6 Å². The summed E-state index contributed by atoms with van der Waals surface area (Å²) in [5.74, 6) is 0. The topological polar surface area (TPSA) is 18.5 Å². The molecule has 1 saturated heterocycles. The van der Waals surface area contributed by atoms with Crippen LogP contribution in [-0.2, 0) is 9.47 Å². The molecule has 0 unspecified atom stereocenters. The second-order valence-corrected chi connectivity index (χ2v) is 9.95. The zero-order valence-corrected chi connectivity index (χ0v) is 10.6. The molecule has 2 rings (SSSR count). The van der Waals surface area contributed by atoms with Crippen LogP contribution in [0.15, 0.2) is 24.3 Å². The van der Waals surface area contributed by atoms with Crippen LogP contribution in [0.3, 0.4) is 0 Å². The standard InChI is InChI=1S/C12H18O2Si/c1-15(2,3)11-7-5-4-6-10(11)12-13-8-9-14-12/h4-7,12H,8-9H2,1-3H3. The molecule has 1 aromatic rings. The van der Waals surface area contributed by atoms with E-state index in [2.05, 4.69) is 43.9 Å². The number of ether oxygens (including phenoxy) is 2. The van der Waals surface area contributed by atoms with E-state index in [9.17, 15) is 0 Å². The molecule has 3 heteroatoms. The first-order valence-electron chi connectivity index (χ1n) is 5.41. The Morgan fingerprint density at radius 2 is 1.67 bits per heavy atom. The first kappa shape index (κ1) is 10.9.